The number of carboxylic acid groups (broad SMARTS) is 1. The Kier molecular flexibility index (Phi) is 3.80. The minimum atomic E-state index is -1.65. The highest BCUT2D eigenvalue weighted by atomic mass is 32.2. The van der Waals surface area contributed by atoms with Gasteiger partial charge in [-0.2, -0.15) is 0 Å². The molecule has 5 nitrogen and oxygen atoms in total. The van der Waals surface area contributed by atoms with Crippen LogP contribution >= 0.6 is 11.8 Å². The average Bonchev–Trinajstić information content (AvgIpc) is 2.39. The Balaban J connectivity index is 2.16. The van der Waals surface area contributed by atoms with Crippen molar-refractivity contribution in [2.24, 2.45) is 5.92 Å². The Bertz CT molecular complexity index is 578. The molecule has 6 heteroatoms. The summed E-state index contributed by atoms with van der Waals surface area (Å²) in [5.74, 6) is -4.46. The fourth-order valence-corrected chi connectivity index (χ4v) is 3.01. The number of carboxylic acids is 1. The largest absolute Gasteiger partial charge is 0.475 e. The first kappa shape index (κ1) is 13.5. The number of aliphatic carboxylic acids is 1. The fourth-order valence-electron chi connectivity index (χ4n) is 1.83. The molecule has 0 bridgehead atoms. The molecule has 19 heavy (non-hydrogen) atoms. The number of carbonyl (C=O) groups excluding carboxylic acids is 3. The lowest BCUT2D eigenvalue weighted by Gasteiger charge is -2.21. The Morgan fingerprint density at radius 2 is 1.95 bits per heavy atom. The molecule has 1 atom stereocenters. The molecule has 1 aliphatic rings. The molecular formula is C13H10O5S. The normalized spacial score (nSPS) is 17.7. The highest BCUT2D eigenvalue weighted by Gasteiger charge is 2.34. The van der Waals surface area contributed by atoms with Gasteiger partial charge in [0.2, 0.25) is 5.78 Å². The zero-order valence-corrected chi connectivity index (χ0v) is 10.6. The van der Waals surface area contributed by atoms with Crippen LogP contribution in [0.3, 0.4) is 0 Å². The van der Waals surface area contributed by atoms with Crippen LogP contribution in [0.1, 0.15) is 16.8 Å². The minimum absolute atomic E-state index is 0.252. The van der Waals surface area contributed by atoms with Gasteiger partial charge in [0.25, 0.3) is 0 Å². The molecule has 0 aliphatic carbocycles. The van der Waals surface area contributed by atoms with Crippen LogP contribution in [0.15, 0.2) is 29.2 Å². The van der Waals surface area contributed by atoms with E-state index in [2.05, 4.69) is 0 Å². The summed E-state index contributed by atoms with van der Waals surface area (Å²) in [5, 5.41) is 8.46. The van der Waals surface area contributed by atoms with Gasteiger partial charge >= 0.3 is 5.97 Å². The first-order valence-corrected chi connectivity index (χ1v) is 6.54. The lowest BCUT2D eigenvalue weighted by molar-refractivity contribution is -0.150. The highest BCUT2D eigenvalue weighted by molar-refractivity contribution is 7.99. The van der Waals surface area contributed by atoms with Crippen LogP contribution in [0.2, 0.25) is 0 Å². The molecule has 2 rings (SSSR count). The van der Waals surface area contributed by atoms with E-state index >= 15 is 0 Å². The molecule has 0 unspecified atom stereocenters. The molecule has 98 valence electrons. The summed E-state index contributed by atoms with van der Waals surface area (Å²) in [6.45, 7) is 0. The van der Waals surface area contributed by atoms with Gasteiger partial charge in [-0.05, 0) is 6.07 Å². The molecular weight excluding hydrogens is 268 g/mol. The highest BCUT2D eigenvalue weighted by Crippen LogP contribution is 2.33. The Morgan fingerprint density at radius 1 is 1.26 bits per heavy atom. The SMILES string of the molecule is O=C(O)C(=O)CC(=O)[C@H]1CSc2ccccc2C1=O. The van der Waals surface area contributed by atoms with Gasteiger partial charge in [0.1, 0.15) is 0 Å². The number of carbonyl (C=O) groups is 4. The van der Waals surface area contributed by atoms with E-state index in [1.54, 1.807) is 24.3 Å². The van der Waals surface area contributed by atoms with Crippen LogP contribution in [0.5, 0.6) is 0 Å². The predicted octanol–water partition coefficient (Wildman–Crippen LogP) is 1.20. The maximum atomic E-state index is 12.1. The first-order valence-electron chi connectivity index (χ1n) is 5.55. The van der Waals surface area contributed by atoms with Gasteiger partial charge < -0.3 is 5.11 Å². The summed E-state index contributed by atoms with van der Waals surface area (Å²) < 4.78 is 0. The third-order valence-corrected chi connectivity index (χ3v) is 4.00. The molecule has 1 aromatic rings. The number of ketones is 3. The third-order valence-electron chi connectivity index (χ3n) is 2.84. The topological polar surface area (TPSA) is 88.5 Å². The van der Waals surface area contributed by atoms with Crippen molar-refractivity contribution in [1.29, 1.82) is 0 Å². The number of thioether (sulfide) groups is 1. The lowest BCUT2D eigenvalue weighted by Crippen LogP contribution is -2.32. The summed E-state index contributed by atoms with van der Waals surface area (Å²) in [7, 11) is 0. The molecule has 0 saturated carbocycles. The van der Waals surface area contributed by atoms with Gasteiger partial charge in [-0.15, -0.1) is 11.8 Å². The standard InChI is InChI=1S/C13H10O5S/c14-9(5-10(15)13(17)18)8-6-19-11-4-2-1-3-7(11)12(8)16/h1-4,8H,5-6H2,(H,17,18)/t8-/m1/s1. The van der Waals surface area contributed by atoms with E-state index < -0.39 is 29.9 Å². The van der Waals surface area contributed by atoms with Crippen molar-refractivity contribution in [1.82, 2.24) is 0 Å². The zero-order valence-electron chi connectivity index (χ0n) is 9.79. The Morgan fingerprint density at radius 3 is 2.63 bits per heavy atom. The van der Waals surface area contributed by atoms with Gasteiger partial charge in [-0.25, -0.2) is 4.79 Å². The van der Waals surface area contributed by atoms with Gasteiger partial charge in [-0.3, -0.25) is 14.4 Å². The van der Waals surface area contributed by atoms with Crippen molar-refractivity contribution >= 4 is 35.1 Å². The van der Waals surface area contributed by atoms with Crippen molar-refractivity contribution in [2.45, 2.75) is 11.3 Å². The average molecular weight is 278 g/mol. The van der Waals surface area contributed by atoms with E-state index in [-0.39, 0.29) is 11.5 Å². The summed E-state index contributed by atoms with van der Waals surface area (Å²) in [5.41, 5.74) is 0.458. The Labute approximate surface area is 113 Å². The van der Waals surface area contributed by atoms with E-state index in [0.29, 0.717) is 5.56 Å². The molecule has 1 aromatic carbocycles. The number of rotatable bonds is 4. The van der Waals surface area contributed by atoms with Crippen LogP contribution in [0.25, 0.3) is 0 Å². The summed E-state index contributed by atoms with van der Waals surface area (Å²) in [6, 6.07) is 6.92. The molecule has 0 aromatic heterocycles. The quantitative estimate of drug-likeness (QED) is 0.657. The third kappa shape index (κ3) is 2.73. The zero-order chi connectivity index (χ0) is 14.0. The molecule has 1 N–H and O–H groups in total. The van der Waals surface area contributed by atoms with E-state index in [1.807, 2.05) is 0 Å². The van der Waals surface area contributed by atoms with Crippen molar-refractivity contribution in [3.63, 3.8) is 0 Å². The second kappa shape index (κ2) is 5.36. The number of Topliss-reactive ketones (excluding diaryl/α,β-unsaturated/α-hetero) is 3. The van der Waals surface area contributed by atoms with Crippen LogP contribution in [0.4, 0.5) is 0 Å². The fraction of sp³-hybridized carbons (Fsp3) is 0.231. The number of hydrogen-bond donors (Lipinski definition) is 1. The van der Waals surface area contributed by atoms with E-state index in [4.69, 9.17) is 5.11 Å². The van der Waals surface area contributed by atoms with E-state index in [0.717, 1.165) is 4.90 Å². The van der Waals surface area contributed by atoms with Gasteiger partial charge in [0.15, 0.2) is 11.6 Å². The summed E-state index contributed by atoms with van der Waals surface area (Å²) in [6.07, 6.45) is -0.728. The van der Waals surface area contributed by atoms with Crippen molar-refractivity contribution in [3.8, 4) is 0 Å². The molecule has 1 heterocycles. The van der Waals surface area contributed by atoms with Gasteiger partial charge in [-0.1, -0.05) is 18.2 Å². The summed E-state index contributed by atoms with van der Waals surface area (Å²) >= 11 is 1.36. The summed E-state index contributed by atoms with van der Waals surface area (Å²) in [4.78, 5) is 46.2. The van der Waals surface area contributed by atoms with Crippen molar-refractivity contribution < 1.29 is 24.3 Å². The Hall–Kier alpha value is -1.95. The predicted molar refractivity (Wildman–Crippen MR) is 67.3 cm³/mol. The second-order valence-electron chi connectivity index (χ2n) is 4.10. The van der Waals surface area contributed by atoms with Crippen LogP contribution in [-0.4, -0.2) is 34.2 Å². The molecule has 0 spiro atoms. The smallest absolute Gasteiger partial charge is 0.372 e. The molecule has 0 radical (unpaired) electrons. The maximum absolute atomic E-state index is 12.1. The van der Waals surface area contributed by atoms with Crippen LogP contribution < -0.4 is 0 Å². The second-order valence-corrected chi connectivity index (χ2v) is 5.16. The molecule has 0 fully saturated rings. The van der Waals surface area contributed by atoms with Gasteiger partial charge in [0, 0.05) is 16.2 Å². The van der Waals surface area contributed by atoms with Gasteiger partial charge in [0.05, 0.1) is 12.3 Å². The first-order chi connectivity index (χ1) is 9.00. The van der Waals surface area contributed by atoms with Crippen molar-refractivity contribution in [3.05, 3.63) is 29.8 Å². The van der Waals surface area contributed by atoms with Crippen LogP contribution in [0, 0.1) is 5.92 Å². The number of benzene rings is 1. The molecule has 1 aliphatic heterocycles. The van der Waals surface area contributed by atoms with E-state index in [9.17, 15) is 19.2 Å². The van der Waals surface area contributed by atoms with Crippen molar-refractivity contribution in [2.75, 3.05) is 5.75 Å². The lowest BCUT2D eigenvalue weighted by atomic mass is 9.92. The number of hydrogen-bond acceptors (Lipinski definition) is 5. The maximum Gasteiger partial charge on any atom is 0.372 e. The monoisotopic (exact) mass is 278 g/mol. The minimum Gasteiger partial charge on any atom is -0.475 e. The van der Waals surface area contributed by atoms with E-state index in [1.165, 1.54) is 11.8 Å². The molecule has 0 amide bonds. The number of fused-ring (bicyclic) bond motifs is 1. The molecule has 0 saturated heterocycles. The van der Waals surface area contributed by atoms with Crippen LogP contribution in [-0.2, 0) is 14.4 Å².